The summed E-state index contributed by atoms with van der Waals surface area (Å²) in [4.78, 5) is 33.9. The van der Waals surface area contributed by atoms with Crippen molar-refractivity contribution in [3.63, 3.8) is 0 Å². The number of fused-ring (bicyclic) bond motifs is 1. The molecular formula is C30H30N6O2. The van der Waals surface area contributed by atoms with E-state index in [0.29, 0.717) is 24.2 Å². The predicted octanol–water partition coefficient (Wildman–Crippen LogP) is 4.36. The number of benzene rings is 2. The fourth-order valence-corrected chi connectivity index (χ4v) is 5.34. The Morgan fingerprint density at radius 2 is 1.76 bits per heavy atom. The second kappa shape index (κ2) is 9.46. The van der Waals surface area contributed by atoms with Gasteiger partial charge in [0.2, 0.25) is 0 Å². The number of carbonyl (C=O) groups is 2. The minimum absolute atomic E-state index is 0.0433. The monoisotopic (exact) mass is 506 g/mol. The lowest BCUT2D eigenvalue weighted by Gasteiger charge is -2.32. The zero-order chi connectivity index (χ0) is 26.4. The van der Waals surface area contributed by atoms with Crippen LogP contribution in [0.25, 0.3) is 28.6 Å². The molecule has 0 bridgehead atoms. The molecule has 192 valence electrons. The largest absolute Gasteiger partial charge is 0.358 e. The summed E-state index contributed by atoms with van der Waals surface area (Å²) in [5.41, 5.74) is 8.16. The van der Waals surface area contributed by atoms with Crippen molar-refractivity contribution in [3.05, 3.63) is 88.9 Å². The predicted molar refractivity (Wildman–Crippen MR) is 149 cm³/mol. The number of anilines is 1. The van der Waals surface area contributed by atoms with Gasteiger partial charge in [-0.25, -0.2) is 4.68 Å². The van der Waals surface area contributed by atoms with Crippen LogP contribution in [0, 0.1) is 13.8 Å². The number of hydrogen-bond acceptors (Lipinski definition) is 4. The second-order valence-corrected chi connectivity index (χ2v) is 10.00. The maximum Gasteiger partial charge on any atom is 0.256 e. The number of aromatic nitrogens is 3. The first-order valence-corrected chi connectivity index (χ1v) is 12.8. The highest BCUT2D eigenvalue weighted by Gasteiger charge is 2.28. The van der Waals surface area contributed by atoms with Gasteiger partial charge in [0.25, 0.3) is 11.8 Å². The summed E-state index contributed by atoms with van der Waals surface area (Å²) < 4.78 is 1.89. The molecule has 4 aromatic rings. The van der Waals surface area contributed by atoms with Crippen LogP contribution in [-0.4, -0.2) is 69.6 Å². The molecule has 2 amide bonds. The van der Waals surface area contributed by atoms with E-state index in [-0.39, 0.29) is 11.8 Å². The molecule has 0 spiro atoms. The quantitative estimate of drug-likeness (QED) is 0.403. The van der Waals surface area contributed by atoms with Crippen molar-refractivity contribution in [3.8, 4) is 16.9 Å². The molecule has 0 radical (unpaired) electrons. The van der Waals surface area contributed by atoms with E-state index in [1.807, 2.05) is 84.1 Å². The molecule has 2 aliphatic rings. The number of nitrogens with zero attached hydrogens (tertiary/aromatic N) is 4. The van der Waals surface area contributed by atoms with E-state index in [2.05, 4.69) is 27.3 Å². The van der Waals surface area contributed by atoms with Gasteiger partial charge in [0.15, 0.2) is 0 Å². The van der Waals surface area contributed by atoms with Crippen LogP contribution >= 0.6 is 0 Å². The van der Waals surface area contributed by atoms with Crippen LogP contribution < -0.4 is 5.32 Å². The van der Waals surface area contributed by atoms with Gasteiger partial charge in [0.1, 0.15) is 0 Å². The van der Waals surface area contributed by atoms with E-state index in [0.717, 1.165) is 58.2 Å². The molecule has 2 aromatic carbocycles. The lowest BCUT2D eigenvalue weighted by molar-refractivity contribution is -0.110. The van der Waals surface area contributed by atoms with Gasteiger partial charge in [0.05, 0.1) is 28.7 Å². The molecule has 8 nitrogen and oxygen atoms in total. The van der Waals surface area contributed by atoms with E-state index in [4.69, 9.17) is 0 Å². The summed E-state index contributed by atoms with van der Waals surface area (Å²) in [5.74, 6) is -0.117. The van der Waals surface area contributed by atoms with Gasteiger partial charge < -0.3 is 20.1 Å². The van der Waals surface area contributed by atoms with Gasteiger partial charge in [-0.1, -0.05) is 24.3 Å². The summed E-state index contributed by atoms with van der Waals surface area (Å²) in [5, 5.41) is 7.50. The number of likely N-dealkylation sites (N-methyl/N-ethyl adjacent to an activating group) is 1. The minimum atomic E-state index is -0.160. The van der Waals surface area contributed by atoms with Crippen LogP contribution in [0.15, 0.2) is 60.8 Å². The molecule has 8 heteroatoms. The smallest absolute Gasteiger partial charge is 0.256 e. The lowest BCUT2D eigenvalue weighted by atomic mass is 10.0. The number of aryl methyl sites for hydroxylation is 1. The van der Waals surface area contributed by atoms with Crippen LogP contribution in [0.4, 0.5) is 5.69 Å². The third-order valence-electron chi connectivity index (χ3n) is 7.51. The maximum absolute atomic E-state index is 13.4. The Bertz CT molecular complexity index is 1570. The third-order valence-corrected chi connectivity index (χ3v) is 7.51. The van der Waals surface area contributed by atoms with Crippen LogP contribution in [0.1, 0.15) is 32.9 Å². The molecule has 2 N–H and O–H groups in total. The first-order chi connectivity index (χ1) is 18.4. The number of H-pyrrole nitrogens is 1. The average Bonchev–Trinajstić information content (AvgIpc) is 3.60. The van der Waals surface area contributed by atoms with E-state index >= 15 is 0 Å². The summed E-state index contributed by atoms with van der Waals surface area (Å²) in [6.45, 7) is 7.04. The Morgan fingerprint density at radius 1 is 1.00 bits per heavy atom. The molecule has 0 aliphatic carbocycles. The number of piperazine rings is 1. The maximum atomic E-state index is 13.4. The SMILES string of the molecule is Cc1[nH]c(C=C2C(=O)Nc3ccc(-c4ccnn4-c4ccccc4)cc32)c(C)c1C(=O)N1CCN(C)CC1. The number of amides is 2. The van der Waals surface area contributed by atoms with Gasteiger partial charge >= 0.3 is 0 Å². The Hall–Kier alpha value is -4.43. The van der Waals surface area contributed by atoms with Gasteiger partial charge in [-0.2, -0.15) is 5.10 Å². The van der Waals surface area contributed by atoms with Crippen LogP contribution in [0.5, 0.6) is 0 Å². The molecule has 2 aromatic heterocycles. The molecule has 0 atom stereocenters. The summed E-state index contributed by atoms with van der Waals surface area (Å²) in [7, 11) is 2.07. The van der Waals surface area contributed by atoms with E-state index in [9.17, 15) is 9.59 Å². The fraction of sp³-hybridized carbons (Fsp3) is 0.233. The lowest BCUT2D eigenvalue weighted by Crippen LogP contribution is -2.47. The zero-order valence-corrected chi connectivity index (χ0v) is 21.8. The van der Waals surface area contributed by atoms with Crippen molar-refractivity contribution in [2.75, 3.05) is 38.5 Å². The Morgan fingerprint density at radius 3 is 2.53 bits per heavy atom. The Balaban J connectivity index is 1.36. The average molecular weight is 507 g/mol. The van der Waals surface area contributed by atoms with Crippen molar-refractivity contribution in [1.82, 2.24) is 24.6 Å². The molecule has 4 heterocycles. The van der Waals surface area contributed by atoms with Crippen molar-refractivity contribution >= 4 is 29.2 Å². The van der Waals surface area contributed by atoms with Crippen molar-refractivity contribution in [1.29, 1.82) is 0 Å². The molecule has 1 fully saturated rings. The molecule has 6 rings (SSSR count). The van der Waals surface area contributed by atoms with Gasteiger partial charge in [-0.15, -0.1) is 0 Å². The topological polar surface area (TPSA) is 86.3 Å². The second-order valence-electron chi connectivity index (χ2n) is 10.00. The Kier molecular flexibility index (Phi) is 5.96. The Labute approximate surface area is 221 Å². The first-order valence-electron chi connectivity index (χ1n) is 12.8. The number of aromatic amines is 1. The standard InChI is InChI=1S/C30H30N6O2/c1-19-26(32-20(2)28(19)30(38)35-15-13-34(3)14-16-35)18-24-23-17-21(9-10-25(23)33-29(24)37)27-11-12-31-36(27)22-7-5-4-6-8-22/h4-12,17-18,32H,13-16H2,1-3H3,(H,33,37). The number of rotatable bonds is 4. The third kappa shape index (κ3) is 4.13. The normalized spacial score (nSPS) is 16.7. The van der Waals surface area contributed by atoms with Gasteiger partial charge in [-0.05, 0) is 62.9 Å². The number of para-hydroxylation sites is 1. The highest BCUT2D eigenvalue weighted by molar-refractivity contribution is 6.35. The van der Waals surface area contributed by atoms with Crippen LogP contribution in [-0.2, 0) is 4.79 Å². The molecule has 2 aliphatic heterocycles. The molecule has 1 saturated heterocycles. The van der Waals surface area contributed by atoms with E-state index in [1.54, 1.807) is 6.20 Å². The highest BCUT2D eigenvalue weighted by Crippen LogP contribution is 2.37. The minimum Gasteiger partial charge on any atom is -0.358 e. The summed E-state index contributed by atoms with van der Waals surface area (Å²) >= 11 is 0. The molecule has 0 saturated carbocycles. The van der Waals surface area contributed by atoms with Gasteiger partial charge in [0, 0.05) is 54.4 Å². The van der Waals surface area contributed by atoms with Crippen LogP contribution in [0.3, 0.4) is 0 Å². The zero-order valence-electron chi connectivity index (χ0n) is 21.8. The molecule has 0 unspecified atom stereocenters. The highest BCUT2D eigenvalue weighted by atomic mass is 16.2. The molecule has 38 heavy (non-hydrogen) atoms. The van der Waals surface area contributed by atoms with Crippen molar-refractivity contribution < 1.29 is 9.59 Å². The number of carbonyl (C=O) groups excluding carboxylic acids is 2. The van der Waals surface area contributed by atoms with Crippen LogP contribution in [0.2, 0.25) is 0 Å². The first kappa shape index (κ1) is 23.9. The van der Waals surface area contributed by atoms with Crippen molar-refractivity contribution in [2.24, 2.45) is 0 Å². The van der Waals surface area contributed by atoms with E-state index < -0.39 is 0 Å². The number of hydrogen-bond donors (Lipinski definition) is 2. The summed E-state index contributed by atoms with van der Waals surface area (Å²) in [6, 6.07) is 17.9. The van der Waals surface area contributed by atoms with E-state index in [1.165, 1.54) is 0 Å². The summed E-state index contributed by atoms with van der Waals surface area (Å²) in [6.07, 6.45) is 3.64. The number of nitrogens with one attached hydrogen (secondary N) is 2. The fourth-order valence-electron chi connectivity index (χ4n) is 5.34. The molecular weight excluding hydrogens is 476 g/mol. The van der Waals surface area contributed by atoms with Crippen molar-refractivity contribution in [2.45, 2.75) is 13.8 Å². The van der Waals surface area contributed by atoms with Gasteiger partial charge in [-0.3, -0.25) is 9.59 Å².